The van der Waals surface area contributed by atoms with E-state index in [0.29, 0.717) is 5.69 Å². The van der Waals surface area contributed by atoms with Crippen LogP contribution in [0.1, 0.15) is 6.92 Å². The lowest BCUT2D eigenvalue weighted by atomic mass is 10.3. The first kappa shape index (κ1) is 18.9. The van der Waals surface area contributed by atoms with Crippen molar-refractivity contribution in [2.45, 2.75) is 11.8 Å². The van der Waals surface area contributed by atoms with E-state index in [1.807, 2.05) is 42.5 Å². The molecule has 0 unspecified atom stereocenters. The molecule has 2 rings (SSSR count). The third kappa shape index (κ3) is 5.83. The van der Waals surface area contributed by atoms with Crippen molar-refractivity contribution in [2.75, 3.05) is 30.9 Å². The number of ether oxygens (including phenoxy) is 2. The van der Waals surface area contributed by atoms with Crippen molar-refractivity contribution in [3.05, 3.63) is 54.6 Å². The minimum absolute atomic E-state index is 0.102. The number of hydrogen-bond donors (Lipinski definition) is 0. The molecule has 0 atom stereocenters. The number of hydrogen-bond acceptors (Lipinski definition) is 5. The molecule has 0 fully saturated rings. The number of amides is 1. The summed E-state index contributed by atoms with van der Waals surface area (Å²) in [6.07, 6.45) is 0. The first-order chi connectivity index (χ1) is 12.1. The summed E-state index contributed by atoms with van der Waals surface area (Å²) in [4.78, 5) is 26.9. The molecule has 25 heavy (non-hydrogen) atoms. The molecule has 132 valence electrons. The summed E-state index contributed by atoms with van der Waals surface area (Å²) in [5.74, 6) is 0.364. The minimum Gasteiger partial charge on any atom is -0.497 e. The molecule has 0 N–H and O–H groups in total. The smallest absolute Gasteiger partial charge is 0.326 e. The zero-order chi connectivity index (χ0) is 18.1. The molecule has 2 aromatic rings. The van der Waals surface area contributed by atoms with Gasteiger partial charge in [0.25, 0.3) is 0 Å². The predicted octanol–water partition coefficient (Wildman–Crippen LogP) is 3.38. The molecule has 6 heteroatoms. The summed E-state index contributed by atoms with van der Waals surface area (Å²) in [6.45, 7) is 1.93. The maximum atomic E-state index is 12.7. The van der Waals surface area contributed by atoms with Crippen LogP contribution in [0.3, 0.4) is 0 Å². The summed E-state index contributed by atoms with van der Waals surface area (Å²) in [5, 5.41) is 0. The van der Waals surface area contributed by atoms with Gasteiger partial charge >= 0.3 is 5.97 Å². The van der Waals surface area contributed by atoms with Crippen LogP contribution in [0, 0.1) is 0 Å². The number of carbonyl (C=O) groups excluding carboxylic acids is 2. The number of nitrogens with zero attached hydrogens (tertiary/aromatic N) is 1. The molecule has 0 aliphatic rings. The Morgan fingerprint density at radius 2 is 1.84 bits per heavy atom. The maximum absolute atomic E-state index is 12.7. The molecule has 0 spiro atoms. The number of para-hydroxylation sites is 1. The molecule has 0 radical (unpaired) electrons. The molecule has 0 heterocycles. The molecule has 0 saturated heterocycles. The first-order valence-electron chi connectivity index (χ1n) is 7.92. The highest BCUT2D eigenvalue weighted by atomic mass is 32.2. The van der Waals surface area contributed by atoms with Crippen LogP contribution >= 0.6 is 11.8 Å². The highest BCUT2D eigenvalue weighted by Gasteiger charge is 2.20. The van der Waals surface area contributed by atoms with Crippen LogP contribution in [0.25, 0.3) is 0 Å². The van der Waals surface area contributed by atoms with Gasteiger partial charge in [-0.15, -0.1) is 11.8 Å². The van der Waals surface area contributed by atoms with Crippen molar-refractivity contribution in [3.8, 4) is 5.75 Å². The Hall–Kier alpha value is -2.47. The average molecular weight is 359 g/mol. The Morgan fingerprint density at radius 1 is 1.08 bits per heavy atom. The standard InChI is InChI=1S/C19H21NO4S/c1-3-24-19(22)13-20(15-8-5-4-6-9-15)18(21)14-25-17-11-7-10-16(12-17)23-2/h4-12H,3,13-14H2,1-2H3. The summed E-state index contributed by atoms with van der Waals surface area (Å²) in [6, 6.07) is 16.6. The van der Waals surface area contributed by atoms with Crippen LogP contribution in [0.4, 0.5) is 5.69 Å². The fraction of sp³-hybridized carbons (Fsp3) is 0.263. The second-order valence-electron chi connectivity index (χ2n) is 5.09. The van der Waals surface area contributed by atoms with E-state index in [1.54, 1.807) is 26.2 Å². The largest absolute Gasteiger partial charge is 0.497 e. The monoisotopic (exact) mass is 359 g/mol. The van der Waals surface area contributed by atoms with Crippen LogP contribution in [-0.4, -0.2) is 37.9 Å². The van der Waals surface area contributed by atoms with Gasteiger partial charge < -0.3 is 14.4 Å². The molecule has 5 nitrogen and oxygen atoms in total. The number of thioether (sulfide) groups is 1. The zero-order valence-corrected chi connectivity index (χ0v) is 15.1. The molecule has 1 amide bonds. The van der Waals surface area contributed by atoms with E-state index in [-0.39, 0.29) is 24.8 Å². The van der Waals surface area contributed by atoms with Crippen molar-refractivity contribution in [1.29, 1.82) is 0 Å². The average Bonchev–Trinajstić information content (AvgIpc) is 2.65. The van der Waals surface area contributed by atoms with E-state index in [4.69, 9.17) is 9.47 Å². The number of methoxy groups -OCH3 is 1. The van der Waals surface area contributed by atoms with Crippen LogP contribution in [0.2, 0.25) is 0 Å². The minimum atomic E-state index is -0.425. The fourth-order valence-corrected chi connectivity index (χ4v) is 3.00. The molecule has 0 bridgehead atoms. The second kappa shape index (κ2) is 9.74. The Morgan fingerprint density at radius 3 is 2.52 bits per heavy atom. The number of benzene rings is 2. The first-order valence-corrected chi connectivity index (χ1v) is 8.90. The van der Waals surface area contributed by atoms with Crippen molar-refractivity contribution in [3.63, 3.8) is 0 Å². The third-order valence-electron chi connectivity index (χ3n) is 3.36. The number of esters is 1. The summed E-state index contributed by atoms with van der Waals surface area (Å²) in [7, 11) is 1.60. The molecule has 2 aromatic carbocycles. The summed E-state index contributed by atoms with van der Waals surface area (Å²) in [5.41, 5.74) is 0.673. The lowest BCUT2D eigenvalue weighted by Gasteiger charge is -2.21. The molecular weight excluding hydrogens is 338 g/mol. The molecule has 0 aliphatic heterocycles. The van der Waals surface area contributed by atoms with Crippen LogP contribution in [0.5, 0.6) is 5.75 Å². The van der Waals surface area contributed by atoms with Gasteiger partial charge in [-0.3, -0.25) is 9.59 Å². The van der Waals surface area contributed by atoms with Gasteiger partial charge in [-0.05, 0) is 37.3 Å². The topological polar surface area (TPSA) is 55.8 Å². The van der Waals surface area contributed by atoms with E-state index in [0.717, 1.165) is 10.6 Å². The van der Waals surface area contributed by atoms with Crippen LogP contribution in [-0.2, 0) is 14.3 Å². The van der Waals surface area contributed by atoms with E-state index in [2.05, 4.69) is 0 Å². The zero-order valence-electron chi connectivity index (χ0n) is 14.3. The fourth-order valence-electron chi connectivity index (χ4n) is 2.18. The van der Waals surface area contributed by atoms with Gasteiger partial charge in [0.05, 0.1) is 19.5 Å². The van der Waals surface area contributed by atoms with E-state index in [9.17, 15) is 9.59 Å². The van der Waals surface area contributed by atoms with Gasteiger partial charge in [0.15, 0.2) is 0 Å². The Labute approximate surface area is 151 Å². The maximum Gasteiger partial charge on any atom is 0.326 e. The third-order valence-corrected chi connectivity index (χ3v) is 4.34. The lowest BCUT2D eigenvalue weighted by molar-refractivity contribution is -0.142. The SMILES string of the molecule is CCOC(=O)CN(C(=O)CSc1cccc(OC)c1)c1ccccc1. The van der Waals surface area contributed by atoms with Gasteiger partial charge in [-0.1, -0.05) is 24.3 Å². The number of rotatable bonds is 8. The number of carbonyl (C=O) groups is 2. The van der Waals surface area contributed by atoms with Gasteiger partial charge in [-0.25, -0.2) is 0 Å². The van der Waals surface area contributed by atoms with Crippen LogP contribution < -0.4 is 9.64 Å². The van der Waals surface area contributed by atoms with Crippen molar-refractivity contribution in [1.82, 2.24) is 0 Å². The van der Waals surface area contributed by atoms with Crippen molar-refractivity contribution in [2.24, 2.45) is 0 Å². The molecule has 0 aliphatic carbocycles. The van der Waals surface area contributed by atoms with E-state index >= 15 is 0 Å². The van der Waals surface area contributed by atoms with Gasteiger partial charge in [0.1, 0.15) is 12.3 Å². The molecule has 0 saturated carbocycles. The Kier molecular flexibility index (Phi) is 7.35. The van der Waals surface area contributed by atoms with Gasteiger partial charge in [0, 0.05) is 10.6 Å². The quantitative estimate of drug-likeness (QED) is 0.534. The summed E-state index contributed by atoms with van der Waals surface area (Å²) < 4.78 is 10.2. The molecular formula is C19H21NO4S. The Balaban J connectivity index is 2.07. The number of anilines is 1. The van der Waals surface area contributed by atoms with Gasteiger partial charge in [-0.2, -0.15) is 0 Å². The van der Waals surface area contributed by atoms with Crippen molar-refractivity contribution >= 4 is 29.3 Å². The van der Waals surface area contributed by atoms with Crippen LogP contribution in [0.15, 0.2) is 59.5 Å². The highest BCUT2D eigenvalue weighted by Crippen LogP contribution is 2.24. The van der Waals surface area contributed by atoms with E-state index < -0.39 is 5.97 Å². The summed E-state index contributed by atoms with van der Waals surface area (Å²) >= 11 is 1.40. The second-order valence-corrected chi connectivity index (χ2v) is 6.14. The lowest BCUT2D eigenvalue weighted by Crippen LogP contribution is -2.37. The normalized spacial score (nSPS) is 10.2. The Bertz CT molecular complexity index is 706. The van der Waals surface area contributed by atoms with Gasteiger partial charge in [0.2, 0.25) is 5.91 Å². The highest BCUT2D eigenvalue weighted by molar-refractivity contribution is 8.00. The molecule has 0 aromatic heterocycles. The van der Waals surface area contributed by atoms with Crippen molar-refractivity contribution < 1.29 is 19.1 Å². The van der Waals surface area contributed by atoms with E-state index in [1.165, 1.54) is 16.7 Å². The predicted molar refractivity (Wildman–Crippen MR) is 99.1 cm³/mol.